The lowest BCUT2D eigenvalue weighted by Crippen LogP contribution is -2.06. The summed E-state index contributed by atoms with van der Waals surface area (Å²) in [6.07, 6.45) is 0.0378. The van der Waals surface area contributed by atoms with Crippen molar-refractivity contribution >= 4 is 37.4 Å². The molecule has 0 radical (unpaired) electrons. The van der Waals surface area contributed by atoms with E-state index in [9.17, 15) is 5.11 Å². The lowest BCUT2D eigenvalue weighted by Gasteiger charge is -2.11. The normalized spacial score (nSPS) is 13.0. The summed E-state index contributed by atoms with van der Waals surface area (Å²) in [5, 5.41) is 18.1. The molecule has 1 atom stereocenters. The first kappa shape index (κ1) is 13.8. The molecule has 104 valence electrons. The molecule has 0 saturated heterocycles. The number of nitrogens with zero attached hydrogens (tertiary/aromatic N) is 2. The molecule has 3 nitrogen and oxygen atoms in total. The Hall–Kier alpha value is -1.17. The van der Waals surface area contributed by atoms with Crippen LogP contribution in [-0.2, 0) is 13.5 Å². The smallest absolute Gasteiger partial charge is 0.0859 e. The fourth-order valence-corrected chi connectivity index (χ4v) is 3.96. The van der Waals surface area contributed by atoms with Crippen LogP contribution in [0.5, 0.6) is 0 Å². The SMILES string of the molecule is Cc1nn(C)c(CC(O)c2csc3ccccc23)c1Br. The molecule has 0 bridgehead atoms. The van der Waals surface area contributed by atoms with Crippen molar-refractivity contribution in [2.75, 3.05) is 0 Å². The Morgan fingerprint density at radius 3 is 2.85 bits per heavy atom. The van der Waals surface area contributed by atoms with Crippen molar-refractivity contribution in [3.05, 3.63) is 51.1 Å². The molecule has 0 fully saturated rings. The number of hydrogen-bond acceptors (Lipinski definition) is 3. The first-order valence-corrected chi connectivity index (χ1v) is 8.07. The summed E-state index contributed by atoms with van der Waals surface area (Å²) in [5.74, 6) is 0. The molecule has 0 aliphatic heterocycles. The molecule has 0 saturated carbocycles. The fraction of sp³-hybridized carbons (Fsp3) is 0.267. The van der Waals surface area contributed by atoms with E-state index in [0.29, 0.717) is 6.42 Å². The van der Waals surface area contributed by atoms with Gasteiger partial charge in [-0.2, -0.15) is 5.10 Å². The summed E-state index contributed by atoms with van der Waals surface area (Å²) in [5.41, 5.74) is 2.96. The molecule has 0 spiro atoms. The molecule has 0 amide bonds. The number of aromatic nitrogens is 2. The highest BCUT2D eigenvalue weighted by atomic mass is 79.9. The van der Waals surface area contributed by atoms with Crippen molar-refractivity contribution in [2.24, 2.45) is 7.05 Å². The van der Waals surface area contributed by atoms with Gasteiger partial charge in [-0.25, -0.2) is 0 Å². The number of hydrogen-bond donors (Lipinski definition) is 1. The van der Waals surface area contributed by atoms with E-state index in [4.69, 9.17) is 0 Å². The summed E-state index contributed by atoms with van der Waals surface area (Å²) in [4.78, 5) is 0. The second-order valence-corrected chi connectivity index (χ2v) is 6.58. The fourth-order valence-electron chi connectivity index (χ4n) is 2.45. The Morgan fingerprint density at radius 1 is 1.40 bits per heavy atom. The van der Waals surface area contributed by atoms with Crippen molar-refractivity contribution < 1.29 is 5.11 Å². The number of aliphatic hydroxyl groups excluding tert-OH is 1. The summed E-state index contributed by atoms with van der Waals surface area (Å²) >= 11 is 5.22. The molecule has 3 rings (SSSR count). The third-order valence-corrected chi connectivity index (χ3v) is 5.53. The van der Waals surface area contributed by atoms with E-state index in [1.807, 2.05) is 36.2 Å². The van der Waals surface area contributed by atoms with Gasteiger partial charge in [-0.15, -0.1) is 11.3 Å². The van der Waals surface area contributed by atoms with Gasteiger partial charge in [0.2, 0.25) is 0 Å². The predicted octanol–water partition coefficient (Wildman–Crippen LogP) is 3.98. The lowest BCUT2D eigenvalue weighted by molar-refractivity contribution is 0.177. The van der Waals surface area contributed by atoms with Crippen LogP contribution in [0.3, 0.4) is 0 Å². The standard InChI is InChI=1S/C15H15BrN2OS/c1-9-15(16)12(18(2)17-9)7-13(19)11-8-20-14-6-4-3-5-10(11)14/h3-6,8,13,19H,7H2,1-2H3. The van der Waals surface area contributed by atoms with Crippen LogP contribution in [0, 0.1) is 6.92 Å². The second kappa shape index (κ2) is 5.31. The molecule has 0 aliphatic rings. The predicted molar refractivity (Wildman–Crippen MR) is 86.1 cm³/mol. The highest BCUT2D eigenvalue weighted by molar-refractivity contribution is 9.10. The number of fused-ring (bicyclic) bond motifs is 1. The maximum atomic E-state index is 10.6. The van der Waals surface area contributed by atoms with Gasteiger partial charge in [-0.1, -0.05) is 18.2 Å². The van der Waals surface area contributed by atoms with E-state index in [1.165, 1.54) is 4.70 Å². The molecule has 20 heavy (non-hydrogen) atoms. The van der Waals surface area contributed by atoms with E-state index >= 15 is 0 Å². The summed E-state index contributed by atoms with van der Waals surface area (Å²) in [6, 6.07) is 8.18. The number of halogens is 1. The molecule has 5 heteroatoms. The van der Waals surface area contributed by atoms with Crippen LogP contribution in [0.25, 0.3) is 10.1 Å². The van der Waals surface area contributed by atoms with Crippen LogP contribution in [0.15, 0.2) is 34.1 Å². The van der Waals surface area contributed by atoms with Crippen LogP contribution < -0.4 is 0 Å². The van der Waals surface area contributed by atoms with Gasteiger partial charge in [0.1, 0.15) is 0 Å². The van der Waals surface area contributed by atoms with E-state index in [1.54, 1.807) is 11.3 Å². The Labute approximate surface area is 130 Å². The average Bonchev–Trinajstić information content (AvgIpc) is 2.96. The lowest BCUT2D eigenvalue weighted by atomic mass is 10.0. The van der Waals surface area contributed by atoms with Crippen LogP contribution in [0.1, 0.15) is 23.1 Å². The minimum Gasteiger partial charge on any atom is -0.388 e. The van der Waals surface area contributed by atoms with Gasteiger partial charge >= 0.3 is 0 Å². The maximum absolute atomic E-state index is 10.6. The van der Waals surface area contributed by atoms with Crippen LogP contribution in [0.4, 0.5) is 0 Å². The summed E-state index contributed by atoms with van der Waals surface area (Å²) in [7, 11) is 1.91. The zero-order valence-corrected chi connectivity index (χ0v) is 13.7. The largest absolute Gasteiger partial charge is 0.388 e. The zero-order chi connectivity index (χ0) is 14.3. The number of thiophene rings is 1. The zero-order valence-electron chi connectivity index (χ0n) is 11.3. The van der Waals surface area contributed by atoms with E-state index in [0.717, 1.165) is 26.8 Å². The summed E-state index contributed by atoms with van der Waals surface area (Å²) in [6.45, 7) is 1.96. The van der Waals surface area contributed by atoms with Gasteiger partial charge in [0, 0.05) is 18.2 Å². The molecule has 1 N–H and O–H groups in total. The van der Waals surface area contributed by atoms with Gasteiger partial charge in [0.25, 0.3) is 0 Å². The first-order valence-electron chi connectivity index (χ1n) is 6.40. The van der Waals surface area contributed by atoms with Gasteiger partial charge in [-0.3, -0.25) is 4.68 Å². The maximum Gasteiger partial charge on any atom is 0.0859 e. The summed E-state index contributed by atoms with van der Waals surface area (Å²) < 4.78 is 4.03. The molecular formula is C15H15BrN2OS. The Balaban J connectivity index is 1.95. The van der Waals surface area contributed by atoms with Crippen LogP contribution >= 0.6 is 27.3 Å². The van der Waals surface area contributed by atoms with E-state index in [2.05, 4.69) is 33.2 Å². The molecule has 1 aromatic carbocycles. The molecule has 3 aromatic rings. The highest BCUT2D eigenvalue weighted by Gasteiger charge is 2.18. The molecular weight excluding hydrogens is 336 g/mol. The van der Waals surface area contributed by atoms with Gasteiger partial charge in [0.15, 0.2) is 0 Å². The monoisotopic (exact) mass is 350 g/mol. The average molecular weight is 351 g/mol. The second-order valence-electron chi connectivity index (χ2n) is 4.88. The molecule has 2 heterocycles. The third-order valence-electron chi connectivity index (χ3n) is 3.52. The van der Waals surface area contributed by atoms with Crippen molar-refractivity contribution in [3.63, 3.8) is 0 Å². The molecule has 0 aliphatic carbocycles. The van der Waals surface area contributed by atoms with Crippen molar-refractivity contribution in [2.45, 2.75) is 19.4 Å². The van der Waals surface area contributed by atoms with Gasteiger partial charge in [-0.05, 0) is 45.2 Å². The number of benzene rings is 1. The minimum absolute atomic E-state index is 0.516. The van der Waals surface area contributed by atoms with Crippen molar-refractivity contribution in [3.8, 4) is 0 Å². The van der Waals surface area contributed by atoms with Crippen molar-refractivity contribution in [1.29, 1.82) is 0 Å². The molecule has 1 unspecified atom stereocenters. The Kier molecular flexibility index (Phi) is 3.67. The van der Waals surface area contributed by atoms with Crippen LogP contribution in [-0.4, -0.2) is 14.9 Å². The highest BCUT2D eigenvalue weighted by Crippen LogP contribution is 2.33. The van der Waals surface area contributed by atoms with E-state index in [-0.39, 0.29) is 0 Å². The Bertz CT molecular complexity index is 762. The van der Waals surface area contributed by atoms with Crippen molar-refractivity contribution in [1.82, 2.24) is 9.78 Å². The third kappa shape index (κ3) is 2.30. The topological polar surface area (TPSA) is 38.0 Å². The van der Waals surface area contributed by atoms with Gasteiger partial charge < -0.3 is 5.11 Å². The quantitative estimate of drug-likeness (QED) is 0.775. The Morgan fingerprint density at radius 2 is 2.15 bits per heavy atom. The first-order chi connectivity index (χ1) is 9.58. The van der Waals surface area contributed by atoms with E-state index < -0.39 is 6.10 Å². The minimum atomic E-state index is -0.516. The van der Waals surface area contributed by atoms with Crippen LogP contribution in [0.2, 0.25) is 0 Å². The van der Waals surface area contributed by atoms with Gasteiger partial charge in [0.05, 0.1) is 22.0 Å². The number of aliphatic hydroxyl groups is 1. The number of aryl methyl sites for hydroxylation is 2. The molecule has 2 aromatic heterocycles. The number of rotatable bonds is 3.